The van der Waals surface area contributed by atoms with Gasteiger partial charge in [0.1, 0.15) is 5.75 Å². The number of hydrogen-bond donors (Lipinski definition) is 2. The van der Waals surface area contributed by atoms with Gasteiger partial charge < -0.3 is 15.2 Å². The first-order valence-electron chi connectivity index (χ1n) is 6.13. The van der Waals surface area contributed by atoms with E-state index in [1.54, 1.807) is 12.1 Å². The smallest absolute Gasteiger partial charge is 0.337 e. The first kappa shape index (κ1) is 14.2. The lowest BCUT2D eigenvalue weighted by Gasteiger charge is -2.11. The fraction of sp³-hybridized carbons (Fsp3) is 0.133. The Morgan fingerprint density at radius 3 is 2.80 bits per heavy atom. The first-order chi connectivity index (χ1) is 9.60. The van der Waals surface area contributed by atoms with Crippen LogP contribution in [-0.4, -0.2) is 17.7 Å². The maximum absolute atomic E-state index is 11.2. The van der Waals surface area contributed by atoms with Crippen molar-refractivity contribution < 1.29 is 14.6 Å². The zero-order valence-corrected chi connectivity index (χ0v) is 11.6. The number of hydrogen-bond acceptors (Lipinski definition) is 3. The second-order valence-electron chi connectivity index (χ2n) is 4.08. The summed E-state index contributed by atoms with van der Waals surface area (Å²) < 4.78 is 5.40. The number of aromatic carboxylic acids is 1. The van der Waals surface area contributed by atoms with Gasteiger partial charge in [0, 0.05) is 16.8 Å². The summed E-state index contributed by atoms with van der Waals surface area (Å²) in [6.07, 6.45) is 0. The molecule has 20 heavy (non-hydrogen) atoms. The molecule has 0 aromatic heterocycles. The van der Waals surface area contributed by atoms with Crippen LogP contribution < -0.4 is 10.1 Å². The van der Waals surface area contributed by atoms with Gasteiger partial charge in [0.05, 0.1) is 17.9 Å². The van der Waals surface area contributed by atoms with Gasteiger partial charge in [0.2, 0.25) is 0 Å². The molecule has 0 bridgehead atoms. The molecule has 0 atom stereocenters. The highest BCUT2D eigenvalue weighted by Gasteiger charge is 2.11. The van der Waals surface area contributed by atoms with E-state index in [1.807, 2.05) is 31.2 Å². The molecule has 0 aliphatic heterocycles. The average Bonchev–Trinajstić information content (AvgIpc) is 2.41. The Kier molecular flexibility index (Phi) is 4.48. The fourth-order valence-corrected chi connectivity index (χ4v) is 1.96. The molecule has 5 heteroatoms. The Bertz CT molecular complexity index is 628. The number of rotatable bonds is 5. The molecule has 0 unspecified atom stereocenters. The molecule has 2 aromatic rings. The zero-order chi connectivity index (χ0) is 14.5. The summed E-state index contributed by atoms with van der Waals surface area (Å²) >= 11 is 5.82. The Hall–Kier alpha value is -2.20. The van der Waals surface area contributed by atoms with E-state index in [2.05, 4.69) is 5.32 Å². The Morgan fingerprint density at radius 1 is 1.30 bits per heavy atom. The molecule has 2 aromatic carbocycles. The highest BCUT2D eigenvalue weighted by Crippen LogP contribution is 2.26. The van der Waals surface area contributed by atoms with E-state index in [0.717, 1.165) is 11.4 Å². The highest BCUT2D eigenvalue weighted by atomic mass is 35.5. The van der Waals surface area contributed by atoms with Crippen LogP contribution in [-0.2, 0) is 0 Å². The van der Waals surface area contributed by atoms with Crippen molar-refractivity contribution in [3.05, 3.63) is 53.1 Å². The summed E-state index contributed by atoms with van der Waals surface area (Å²) in [5.74, 6) is -0.306. The van der Waals surface area contributed by atoms with E-state index in [4.69, 9.17) is 16.3 Å². The molecule has 0 aliphatic carbocycles. The van der Waals surface area contributed by atoms with Gasteiger partial charge in [-0.25, -0.2) is 4.79 Å². The van der Waals surface area contributed by atoms with Crippen molar-refractivity contribution >= 4 is 28.9 Å². The molecule has 0 amide bonds. The van der Waals surface area contributed by atoms with Gasteiger partial charge in [-0.2, -0.15) is 0 Å². The van der Waals surface area contributed by atoms with Crippen molar-refractivity contribution in [2.45, 2.75) is 6.92 Å². The first-order valence-corrected chi connectivity index (χ1v) is 6.50. The van der Waals surface area contributed by atoms with Gasteiger partial charge in [-0.1, -0.05) is 17.7 Å². The van der Waals surface area contributed by atoms with Crippen LogP contribution in [0.1, 0.15) is 17.3 Å². The molecular weight excluding hydrogens is 278 g/mol. The number of ether oxygens (including phenoxy) is 1. The van der Waals surface area contributed by atoms with E-state index in [0.29, 0.717) is 17.3 Å². The van der Waals surface area contributed by atoms with E-state index in [9.17, 15) is 9.90 Å². The van der Waals surface area contributed by atoms with Crippen molar-refractivity contribution in [1.82, 2.24) is 0 Å². The van der Waals surface area contributed by atoms with Crippen LogP contribution >= 0.6 is 11.6 Å². The van der Waals surface area contributed by atoms with Crippen LogP contribution in [0.3, 0.4) is 0 Å². The third kappa shape index (κ3) is 3.42. The number of carbonyl (C=O) groups is 1. The lowest BCUT2D eigenvalue weighted by Crippen LogP contribution is -2.02. The highest BCUT2D eigenvalue weighted by molar-refractivity contribution is 6.31. The zero-order valence-electron chi connectivity index (χ0n) is 10.9. The Balaban J connectivity index is 2.30. The monoisotopic (exact) mass is 291 g/mol. The molecule has 0 saturated heterocycles. The molecular formula is C15H14ClNO3. The number of carboxylic acid groups (broad SMARTS) is 1. The van der Waals surface area contributed by atoms with Gasteiger partial charge in [-0.05, 0) is 37.3 Å². The molecule has 0 saturated carbocycles. The fourth-order valence-electron chi connectivity index (χ4n) is 1.79. The summed E-state index contributed by atoms with van der Waals surface area (Å²) in [7, 11) is 0. The summed E-state index contributed by atoms with van der Waals surface area (Å²) in [6, 6.07) is 12.0. The van der Waals surface area contributed by atoms with Crippen LogP contribution in [0.15, 0.2) is 42.5 Å². The quantitative estimate of drug-likeness (QED) is 0.867. The second-order valence-corrected chi connectivity index (χ2v) is 4.52. The van der Waals surface area contributed by atoms with Gasteiger partial charge in [-0.15, -0.1) is 0 Å². The molecule has 4 nitrogen and oxygen atoms in total. The van der Waals surface area contributed by atoms with E-state index >= 15 is 0 Å². The predicted octanol–water partition coefficient (Wildman–Crippen LogP) is 4.18. The van der Waals surface area contributed by atoms with Crippen molar-refractivity contribution in [1.29, 1.82) is 0 Å². The lowest BCUT2D eigenvalue weighted by molar-refractivity contribution is 0.0698. The molecule has 2 rings (SSSR count). The largest absolute Gasteiger partial charge is 0.494 e. The number of carboxylic acids is 1. The summed E-state index contributed by atoms with van der Waals surface area (Å²) in [5, 5.41) is 12.6. The number of anilines is 2. The minimum atomic E-state index is -1.03. The molecule has 104 valence electrons. The Morgan fingerprint density at radius 2 is 2.10 bits per heavy atom. The van der Waals surface area contributed by atoms with Gasteiger partial charge >= 0.3 is 5.97 Å². The third-order valence-corrected chi connectivity index (χ3v) is 2.87. The minimum absolute atomic E-state index is 0.124. The third-order valence-electron chi connectivity index (χ3n) is 2.64. The molecule has 0 heterocycles. The van der Waals surface area contributed by atoms with Gasteiger partial charge in [0.25, 0.3) is 0 Å². The predicted molar refractivity (Wildman–Crippen MR) is 79.3 cm³/mol. The van der Waals surface area contributed by atoms with Crippen molar-refractivity contribution in [2.24, 2.45) is 0 Å². The van der Waals surface area contributed by atoms with Crippen LogP contribution in [0.5, 0.6) is 5.75 Å². The van der Waals surface area contributed by atoms with Crippen LogP contribution in [0.2, 0.25) is 5.02 Å². The standard InChI is InChI=1S/C15H14ClNO3/c1-2-20-12-5-3-4-11(9-12)17-14-7-6-10(16)8-13(14)15(18)19/h3-9,17H,2H2,1H3,(H,18,19). The van der Waals surface area contributed by atoms with Crippen molar-refractivity contribution in [3.63, 3.8) is 0 Å². The number of halogens is 1. The maximum Gasteiger partial charge on any atom is 0.337 e. The van der Waals surface area contributed by atoms with Crippen molar-refractivity contribution in [2.75, 3.05) is 11.9 Å². The molecule has 0 fully saturated rings. The van der Waals surface area contributed by atoms with Crippen LogP contribution in [0.25, 0.3) is 0 Å². The summed E-state index contributed by atoms with van der Waals surface area (Å²) in [5.41, 5.74) is 1.36. The number of nitrogens with one attached hydrogen (secondary N) is 1. The average molecular weight is 292 g/mol. The maximum atomic E-state index is 11.2. The molecule has 0 aliphatic rings. The second kappa shape index (κ2) is 6.30. The van der Waals surface area contributed by atoms with Crippen LogP contribution in [0.4, 0.5) is 11.4 Å². The van der Waals surface area contributed by atoms with Gasteiger partial charge in [0.15, 0.2) is 0 Å². The molecule has 2 N–H and O–H groups in total. The normalized spacial score (nSPS) is 10.1. The molecule has 0 radical (unpaired) electrons. The van der Waals surface area contributed by atoms with Crippen LogP contribution in [0, 0.1) is 0 Å². The topological polar surface area (TPSA) is 58.6 Å². The summed E-state index contributed by atoms with van der Waals surface area (Å²) in [6.45, 7) is 2.48. The van der Waals surface area contributed by atoms with E-state index < -0.39 is 5.97 Å². The van der Waals surface area contributed by atoms with Crippen molar-refractivity contribution in [3.8, 4) is 5.75 Å². The minimum Gasteiger partial charge on any atom is -0.494 e. The lowest BCUT2D eigenvalue weighted by atomic mass is 10.1. The number of benzene rings is 2. The Labute approximate surface area is 122 Å². The van der Waals surface area contributed by atoms with E-state index in [-0.39, 0.29) is 5.56 Å². The van der Waals surface area contributed by atoms with Gasteiger partial charge in [-0.3, -0.25) is 0 Å². The summed E-state index contributed by atoms with van der Waals surface area (Å²) in [4.78, 5) is 11.2. The SMILES string of the molecule is CCOc1cccc(Nc2ccc(Cl)cc2C(=O)O)c1. The molecule has 0 spiro atoms. The van der Waals surface area contributed by atoms with E-state index in [1.165, 1.54) is 6.07 Å².